The van der Waals surface area contributed by atoms with E-state index in [1.165, 1.54) is 19.1 Å². The number of aromatic nitrogens is 2. The van der Waals surface area contributed by atoms with Gasteiger partial charge < -0.3 is 25.5 Å². The van der Waals surface area contributed by atoms with E-state index in [0.717, 1.165) is 11.0 Å². The summed E-state index contributed by atoms with van der Waals surface area (Å²) in [5.74, 6) is -0.248. The summed E-state index contributed by atoms with van der Waals surface area (Å²) < 4.78 is 38.6. The van der Waals surface area contributed by atoms with E-state index in [1.807, 2.05) is 0 Å². The third-order valence-electron chi connectivity index (χ3n) is 4.61. The molecule has 29 heavy (non-hydrogen) atoms. The highest BCUT2D eigenvalue weighted by Crippen LogP contribution is 2.38. The SMILES string of the molecule is Cc1cc(C(F)(F)F)cc(O)c1-c1ccc(N[C@@H]2C[C@H](O)CN(C(=O)O)C2)nn1. The van der Waals surface area contributed by atoms with Crippen LogP contribution in [0, 0.1) is 6.92 Å². The van der Waals surface area contributed by atoms with Crippen molar-refractivity contribution in [1.82, 2.24) is 15.1 Å². The lowest BCUT2D eigenvalue weighted by molar-refractivity contribution is -0.137. The topological polar surface area (TPSA) is 119 Å². The summed E-state index contributed by atoms with van der Waals surface area (Å²) in [6.07, 6.45) is -6.19. The summed E-state index contributed by atoms with van der Waals surface area (Å²) in [5.41, 5.74) is -0.432. The molecule has 2 aromatic rings. The maximum atomic E-state index is 12.9. The fourth-order valence-electron chi connectivity index (χ4n) is 3.35. The van der Waals surface area contributed by atoms with Gasteiger partial charge in [-0.2, -0.15) is 13.2 Å². The third-order valence-corrected chi connectivity index (χ3v) is 4.61. The first-order valence-electron chi connectivity index (χ1n) is 8.72. The van der Waals surface area contributed by atoms with Crippen LogP contribution < -0.4 is 5.32 Å². The zero-order valence-corrected chi connectivity index (χ0v) is 15.3. The number of phenols is 1. The van der Waals surface area contributed by atoms with Crippen LogP contribution in [0.15, 0.2) is 24.3 Å². The first-order valence-corrected chi connectivity index (χ1v) is 8.72. The van der Waals surface area contributed by atoms with Crippen LogP contribution in [0.4, 0.5) is 23.8 Å². The van der Waals surface area contributed by atoms with Crippen molar-refractivity contribution in [3.05, 3.63) is 35.4 Å². The van der Waals surface area contributed by atoms with Crippen LogP contribution in [0.3, 0.4) is 0 Å². The van der Waals surface area contributed by atoms with Crippen molar-refractivity contribution >= 4 is 11.9 Å². The highest BCUT2D eigenvalue weighted by atomic mass is 19.4. The van der Waals surface area contributed by atoms with E-state index in [2.05, 4.69) is 15.5 Å². The Morgan fingerprint density at radius 1 is 1.24 bits per heavy atom. The van der Waals surface area contributed by atoms with Crippen LogP contribution >= 0.6 is 0 Å². The molecule has 1 aliphatic rings. The van der Waals surface area contributed by atoms with Gasteiger partial charge in [0.25, 0.3) is 0 Å². The maximum absolute atomic E-state index is 12.9. The van der Waals surface area contributed by atoms with Gasteiger partial charge in [-0.15, -0.1) is 10.2 Å². The lowest BCUT2D eigenvalue weighted by atomic mass is 10.0. The Labute approximate surface area is 163 Å². The molecule has 2 atom stereocenters. The summed E-state index contributed by atoms with van der Waals surface area (Å²) in [4.78, 5) is 12.2. The Bertz CT molecular complexity index is 882. The summed E-state index contributed by atoms with van der Waals surface area (Å²) in [6.45, 7) is 1.63. The molecule has 1 aromatic heterocycles. The van der Waals surface area contributed by atoms with Crippen molar-refractivity contribution in [1.29, 1.82) is 0 Å². The summed E-state index contributed by atoms with van der Waals surface area (Å²) >= 11 is 0. The van der Waals surface area contributed by atoms with E-state index in [4.69, 9.17) is 5.11 Å². The molecule has 0 spiro atoms. The molecule has 2 heterocycles. The number of aliphatic hydroxyl groups is 1. The van der Waals surface area contributed by atoms with Crippen LogP contribution in [0.25, 0.3) is 11.3 Å². The number of amides is 1. The van der Waals surface area contributed by atoms with E-state index >= 15 is 0 Å². The van der Waals surface area contributed by atoms with Crippen LogP contribution in [0.2, 0.25) is 0 Å². The van der Waals surface area contributed by atoms with Gasteiger partial charge in [-0.3, -0.25) is 0 Å². The number of piperidine rings is 1. The average molecular weight is 412 g/mol. The number of carboxylic acid groups (broad SMARTS) is 1. The van der Waals surface area contributed by atoms with Gasteiger partial charge in [0.15, 0.2) is 0 Å². The van der Waals surface area contributed by atoms with Crippen molar-refractivity contribution in [2.75, 3.05) is 18.4 Å². The summed E-state index contributed by atoms with van der Waals surface area (Å²) in [7, 11) is 0. The van der Waals surface area contributed by atoms with Gasteiger partial charge in [0.2, 0.25) is 0 Å². The molecule has 1 amide bonds. The molecular weight excluding hydrogens is 393 g/mol. The van der Waals surface area contributed by atoms with Gasteiger partial charge in [0.1, 0.15) is 11.6 Å². The molecule has 1 saturated heterocycles. The number of hydrogen-bond donors (Lipinski definition) is 4. The molecule has 3 rings (SSSR count). The number of aromatic hydroxyl groups is 1. The molecule has 156 valence electrons. The molecule has 1 fully saturated rings. The largest absolute Gasteiger partial charge is 0.507 e. The number of nitrogens with one attached hydrogen (secondary N) is 1. The molecule has 8 nitrogen and oxygen atoms in total. The Hall–Kier alpha value is -3.08. The van der Waals surface area contributed by atoms with E-state index in [1.54, 1.807) is 0 Å². The first kappa shape index (κ1) is 20.6. The molecule has 11 heteroatoms. The Morgan fingerprint density at radius 3 is 2.52 bits per heavy atom. The highest BCUT2D eigenvalue weighted by molar-refractivity contribution is 5.71. The number of nitrogens with zero attached hydrogens (tertiary/aromatic N) is 3. The van der Waals surface area contributed by atoms with E-state index in [0.29, 0.717) is 18.3 Å². The quantitative estimate of drug-likeness (QED) is 0.612. The minimum absolute atomic E-state index is 0.0323. The number of aliphatic hydroxyl groups excluding tert-OH is 1. The molecule has 0 saturated carbocycles. The van der Waals surface area contributed by atoms with E-state index < -0.39 is 29.7 Å². The smallest absolute Gasteiger partial charge is 0.416 e. The molecule has 0 radical (unpaired) electrons. The number of aryl methyl sites for hydroxylation is 1. The van der Waals surface area contributed by atoms with Gasteiger partial charge in [-0.05, 0) is 43.2 Å². The van der Waals surface area contributed by atoms with Crippen molar-refractivity contribution in [2.24, 2.45) is 0 Å². The standard InChI is InChI=1S/C18H19F3N4O4/c1-9-4-10(18(19,20)21)5-14(27)16(9)13-2-3-15(24-23-13)22-11-6-12(26)8-25(7-11)17(28)29/h2-5,11-12,26-27H,6-8H2,1H3,(H,22,24)(H,28,29)/t11-,12+/m1/s1. The Kier molecular flexibility index (Phi) is 5.51. The average Bonchev–Trinajstić information content (AvgIpc) is 2.61. The van der Waals surface area contributed by atoms with Gasteiger partial charge in [-0.25, -0.2) is 4.79 Å². The molecule has 4 N–H and O–H groups in total. The van der Waals surface area contributed by atoms with Crippen LogP contribution in [-0.2, 0) is 6.18 Å². The number of benzene rings is 1. The van der Waals surface area contributed by atoms with E-state index in [9.17, 15) is 28.2 Å². The minimum Gasteiger partial charge on any atom is -0.507 e. The number of halogens is 3. The fourth-order valence-corrected chi connectivity index (χ4v) is 3.35. The second kappa shape index (κ2) is 7.74. The van der Waals surface area contributed by atoms with Gasteiger partial charge in [0.05, 0.1) is 23.9 Å². The zero-order chi connectivity index (χ0) is 21.3. The van der Waals surface area contributed by atoms with Crippen molar-refractivity contribution in [3.8, 4) is 17.0 Å². The van der Waals surface area contributed by atoms with Crippen LogP contribution in [-0.4, -0.2) is 61.7 Å². The number of likely N-dealkylation sites (tertiary alicyclic amines) is 1. The van der Waals surface area contributed by atoms with Crippen molar-refractivity contribution < 1.29 is 33.3 Å². The third kappa shape index (κ3) is 4.67. The highest BCUT2D eigenvalue weighted by Gasteiger charge is 2.32. The predicted octanol–water partition coefficient (Wildman–Crippen LogP) is 2.70. The van der Waals surface area contributed by atoms with Gasteiger partial charge in [0, 0.05) is 18.2 Å². The second-order valence-electron chi connectivity index (χ2n) is 6.91. The first-order chi connectivity index (χ1) is 13.5. The predicted molar refractivity (Wildman–Crippen MR) is 96.5 cm³/mol. The lowest BCUT2D eigenvalue weighted by Gasteiger charge is -2.34. The molecular formula is C18H19F3N4O4. The van der Waals surface area contributed by atoms with Crippen molar-refractivity contribution in [3.63, 3.8) is 0 Å². The Morgan fingerprint density at radius 2 is 1.97 bits per heavy atom. The number of rotatable bonds is 3. The van der Waals surface area contributed by atoms with Gasteiger partial charge in [-0.1, -0.05) is 0 Å². The monoisotopic (exact) mass is 412 g/mol. The Balaban J connectivity index is 1.78. The second-order valence-corrected chi connectivity index (χ2v) is 6.91. The number of hydrogen-bond acceptors (Lipinski definition) is 6. The molecule has 1 aromatic carbocycles. The van der Waals surface area contributed by atoms with Gasteiger partial charge >= 0.3 is 12.3 Å². The molecule has 0 bridgehead atoms. The molecule has 1 aliphatic heterocycles. The summed E-state index contributed by atoms with van der Waals surface area (Å²) in [6, 6.07) is 4.19. The van der Waals surface area contributed by atoms with Crippen LogP contribution in [0.1, 0.15) is 17.5 Å². The molecule has 0 aliphatic carbocycles. The lowest BCUT2D eigenvalue weighted by Crippen LogP contribution is -2.50. The summed E-state index contributed by atoms with van der Waals surface area (Å²) in [5, 5.41) is 39.9. The number of alkyl halides is 3. The number of carbonyl (C=O) groups is 1. The van der Waals surface area contributed by atoms with E-state index in [-0.39, 0.29) is 36.0 Å². The zero-order valence-electron chi connectivity index (χ0n) is 15.3. The number of anilines is 1. The minimum atomic E-state index is -4.57. The van der Waals surface area contributed by atoms with Crippen LogP contribution in [0.5, 0.6) is 5.75 Å². The van der Waals surface area contributed by atoms with Crippen molar-refractivity contribution in [2.45, 2.75) is 31.7 Å². The maximum Gasteiger partial charge on any atom is 0.416 e. The number of phenolic OH excluding ortho intramolecular Hbond substituents is 1. The fraction of sp³-hybridized carbons (Fsp3) is 0.389. The normalized spacial score (nSPS) is 19.8. The molecule has 0 unspecified atom stereocenters. The number of β-amino-alcohol motifs (C(OH)–C–C–N with tert-alkyl or cyclic N) is 1.